The molecular formula is C15H19Cl2N4O4S+. The van der Waals surface area contributed by atoms with Gasteiger partial charge in [-0.2, -0.15) is 0 Å². The molecule has 0 aliphatic heterocycles. The van der Waals surface area contributed by atoms with Crippen molar-refractivity contribution in [2.24, 2.45) is 7.05 Å². The zero-order valence-corrected chi connectivity index (χ0v) is 16.5. The maximum atomic E-state index is 12.3. The molecule has 1 amide bonds. The lowest BCUT2D eigenvalue weighted by molar-refractivity contribution is -0.671. The van der Waals surface area contributed by atoms with Crippen LogP contribution >= 0.6 is 23.2 Å². The van der Waals surface area contributed by atoms with Crippen LogP contribution in [0.15, 0.2) is 30.9 Å². The van der Waals surface area contributed by atoms with E-state index >= 15 is 0 Å². The Morgan fingerprint density at radius 1 is 1.35 bits per heavy atom. The van der Waals surface area contributed by atoms with E-state index in [1.54, 1.807) is 0 Å². The summed E-state index contributed by atoms with van der Waals surface area (Å²) in [5.74, 6) is -0.651. The number of carbonyl (C=O) groups excluding carboxylic acids is 1. The van der Waals surface area contributed by atoms with Gasteiger partial charge in [-0.3, -0.25) is 10.0 Å². The fourth-order valence-corrected chi connectivity index (χ4v) is 3.94. The van der Waals surface area contributed by atoms with Crippen molar-refractivity contribution in [2.75, 3.05) is 15.5 Å². The first-order valence-electron chi connectivity index (χ1n) is 7.59. The van der Waals surface area contributed by atoms with E-state index in [2.05, 4.69) is 5.32 Å². The Morgan fingerprint density at radius 2 is 1.96 bits per heavy atom. The number of hydrogen-bond donors (Lipinski definition) is 2. The molecule has 0 spiro atoms. The number of aromatic nitrogens is 2. The van der Waals surface area contributed by atoms with Gasteiger partial charge in [0, 0.05) is 13.3 Å². The quantitative estimate of drug-likeness (QED) is 0.528. The number of nitrogens with one attached hydrogen (secondary N) is 1. The van der Waals surface area contributed by atoms with Crippen LogP contribution < -0.4 is 14.4 Å². The molecule has 0 atom stereocenters. The van der Waals surface area contributed by atoms with Crippen LogP contribution in [-0.2, 0) is 28.4 Å². The molecule has 26 heavy (non-hydrogen) atoms. The van der Waals surface area contributed by atoms with E-state index in [4.69, 9.17) is 23.2 Å². The summed E-state index contributed by atoms with van der Waals surface area (Å²) >= 11 is 12.0. The van der Waals surface area contributed by atoms with Gasteiger partial charge in [0.25, 0.3) is 10.0 Å². The van der Waals surface area contributed by atoms with Gasteiger partial charge in [0.2, 0.25) is 12.2 Å². The lowest BCUT2D eigenvalue weighted by Crippen LogP contribution is -2.30. The zero-order valence-electron chi connectivity index (χ0n) is 14.2. The highest BCUT2D eigenvalue weighted by molar-refractivity contribution is 7.92. The molecule has 0 radical (unpaired) electrons. The standard InChI is InChI=1S/C15H18Cl2N4O4S/c1-11(22)18-15-13(16)8-12(9-14(15)17)21(23)26(24,25)7-3-4-20-6-5-19(2)10-20/h5-6,8-10,23H,3-4,7H2,1-2H3/p+1. The highest BCUT2D eigenvalue weighted by atomic mass is 35.5. The van der Waals surface area contributed by atoms with Gasteiger partial charge in [0.15, 0.2) is 0 Å². The van der Waals surface area contributed by atoms with Gasteiger partial charge in [0.1, 0.15) is 12.4 Å². The summed E-state index contributed by atoms with van der Waals surface area (Å²) in [5.41, 5.74) is 0.0392. The summed E-state index contributed by atoms with van der Waals surface area (Å²) in [4.78, 5) is 11.1. The molecule has 0 fully saturated rings. The van der Waals surface area contributed by atoms with Crippen molar-refractivity contribution in [1.29, 1.82) is 0 Å². The number of amides is 1. The Hall–Kier alpha value is -1.81. The maximum absolute atomic E-state index is 12.3. The largest absolute Gasteiger partial charge is 0.324 e. The van der Waals surface area contributed by atoms with E-state index in [1.165, 1.54) is 19.1 Å². The Labute approximate surface area is 161 Å². The summed E-state index contributed by atoms with van der Waals surface area (Å²) in [7, 11) is -2.12. The first-order valence-corrected chi connectivity index (χ1v) is 9.96. The average Bonchev–Trinajstić information content (AvgIpc) is 2.95. The molecule has 0 aliphatic carbocycles. The second-order valence-corrected chi connectivity index (χ2v) is 8.43. The van der Waals surface area contributed by atoms with Crippen LogP contribution in [0.25, 0.3) is 0 Å². The second kappa shape index (κ2) is 8.26. The van der Waals surface area contributed by atoms with Crippen molar-refractivity contribution in [3.63, 3.8) is 0 Å². The fourth-order valence-electron chi connectivity index (χ4n) is 2.28. The van der Waals surface area contributed by atoms with Crippen LogP contribution in [0.1, 0.15) is 13.3 Å². The van der Waals surface area contributed by atoms with Crippen molar-refractivity contribution in [3.8, 4) is 0 Å². The first-order chi connectivity index (χ1) is 12.1. The number of benzene rings is 1. The van der Waals surface area contributed by atoms with Gasteiger partial charge in [-0.05, 0) is 12.1 Å². The zero-order chi connectivity index (χ0) is 19.5. The van der Waals surface area contributed by atoms with Crippen molar-refractivity contribution < 1.29 is 23.0 Å². The minimum absolute atomic E-state index is 0.0109. The number of halogens is 2. The Morgan fingerprint density at radius 3 is 2.46 bits per heavy atom. The molecule has 8 nitrogen and oxygen atoms in total. The number of aryl methyl sites for hydroxylation is 2. The molecule has 2 aromatic rings. The lowest BCUT2D eigenvalue weighted by atomic mass is 10.3. The van der Waals surface area contributed by atoms with E-state index in [-0.39, 0.29) is 37.5 Å². The number of carbonyl (C=O) groups is 1. The molecule has 1 aromatic heterocycles. The molecule has 1 aromatic carbocycles. The Balaban J connectivity index is 2.10. The van der Waals surface area contributed by atoms with Gasteiger partial charge >= 0.3 is 0 Å². The third-order valence-corrected chi connectivity index (χ3v) is 5.59. The van der Waals surface area contributed by atoms with E-state index in [1.807, 2.05) is 34.9 Å². The highest BCUT2D eigenvalue weighted by Crippen LogP contribution is 2.35. The van der Waals surface area contributed by atoms with Gasteiger partial charge in [-0.1, -0.05) is 23.2 Å². The van der Waals surface area contributed by atoms with Gasteiger partial charge in [-0.15, -0.1) is 4.47 Å². The van der Waals surface area contributed by atoms with Crippen LogP contribution in [0.4, 0.5) is 11.4 Å². The predicted molar refractivity (Wildman–Crippen MR) is 99.0 cm³/mol. The number of sulfonamides is 1. The van der Waals surface area contributed by atoms with Crippen LogP contribution in [0.5, 0.6) is 0 Å². The molecule has 11 heteroatoms. The van der Waals surface area contributed by atoms with E-state index in [9.17, 15) is 18.4 Å². The fraction of sp³-hybridized carbons (Fsp3) is 0.333. The van der Waals surface area contributed by atoms with Crippen LogP contribution in [0.3, 0.4) is 0 Å². The van der Waals surface area contributed by atoms with E-state index < -0.39 is 10.0 Å². The van der Waals surface area contributed by atoms with Crippen LogP contribution in [0, 0.1) is 0 Å². The molecule has 0 bridgehead atoms. The van der Waals surface area contributed by atoms with Crippen molar-refractivity contribution in [3.05, 3.63) is 40.9 Å². The molecular weight excluding hydrogens is 403 g/mol. The van der Waals surface area contributed by atoms with Gasteiger partial charge in [-0.25, -0.2) is 17.6 Å². The molecule has 1 heterocycles. The van der Waals surface area contributed by atoms with Crippen LogP contribution in [-0.4, -0.2) is 29.9 Å². The normalized spacial score (nSPS) is 11.4. The Kier molecular flexibility index (Phi) is 6.51. The highest BCUT2D eigenvalue weighted by Gasteiger charge is 2.23. The van der Waals surface area contributed by atoms with Crippen molar-refractivity contribution in [2.45, 2.75) is 19.9 Å². The molecule has 2 rings (SSSR count). The van der Waals surface area contributed by atoms with Crippen LogP contribution in [0.2, 0.25) is 10.0 Å². The number of anilines is 2. The third-order valence-electron chi connectivity index (χ3n) is 3.45. The minimum Gasteiger partial charge on any atom is -0.324 e. The molecule has 0 aliphatic rings. The van der Waals surface area contributed by atoms with Crippen molar-refractivity contribution in [1.82, 2.24) is 4.57 Å². The molecule has 0 saturated carbocycles. The number of rotatable bonds is 7. The Bertz CT molecular complexity index is 891. The summed E-state index contributed by atoms with van der Waals surface area (Å²) < 4.78 is 28.5. The van der Waals surface area contributed by atoms with Gasteiger partial charge < -0.3 is 5.32 Å². The smallest absolute Gasteiger partial charge is 0.257 e. The summed E-state index contributed by atoms with van der Waals surface area (Å²) in [6, 6.07) is 2.42. The van der Waals surface area contributed by atoms with E-state index in [0.717, 1.165) is 0 Å². The lowest BCUT2D eigenvalue weighted by Gasteiger charge is -2.18. The molecule has 0 unspecified atom stereocenters. The maximum Gasteiger partial charge on any atom is 0.257 e. The van der Waals surface area contributed by atoms with Gasteiger partial charge in [0.05, 0.1) is 40.8 Å². The first kappa shape index (κ1) is 20.5. The molecule has 2 N–H and O–H groups in total. The SMILES string of the molecule is CC(=O)Nc1c(Cl)cc(N(O)S(=O)(=O)CCCn2cc[n+](C)c2)cc1Cl. The molecule has 0 saturated heterocycles. The number of hydrogen-bond acceptors (Lipinski definition) is 4. The summed E-state index contributed by atoms with van der Waals surface area (Å²) in [6.45, 7) is 1.77. The predicted octanol–water partition coefficient (Wildman–Crippen LogP) is 2.19. The third kappa shape index (κ3) is 5.10. The van der Waals surface area contributed by atoms with Crippen molar-refractivity contribution >= 4 is 50.5 Å². The number of imidazole rings is 1. The minimum atomic E-state index is -3.98. The second-order valence-electron chi connectivity index (χ2n) is 5.70. The summed E-state index contributed by atoms with van der Waals surface area (Å²) in [6.07, 6.45) is 5.79. The topological polar surface area (TPSA) is 95.5 Å². The summed E-state index contributed by atoms with van der Waals surface area (Å²) in [5, 5.41) is 12.6. The monoisotopic (exact) mass is 421 g/mol. The molecule has 142 valence electrons. The average molecular weight is 422 g/mol. The number of nitrogens with zero attached hydrogens (tertiary/aromatic N) is 3. The van der Waals surface area contributed by atoms with E-state index in [0.29, 0.717) is 13.0 Å².